The predicted octanol–water partition coefficient (Wildman–Crippen LogP) is 3.13. The summed E-state index contributed by atoms with van der Waals surface area (Å²) < 4.78 is 33.7. The Hall–Kier alpha value is -4.60. The van der Waals surface area contributed by atoms with Gasteiger partial charge in [-0.1, -0.05) is 66.7 Å². The normalized spacial score (nSPS) is 10.3. The van der Waals surface area contributed by atoms with E-state index in [1.165, 1.54) is 18.2 Å². The molecule has 0 aliphatic carbocycles. The number of ether oxygens (including phenoxy) is 2. The van der Waals surface area contributed by atoms with Gasteiger partial charge >= 0.3 is 12.6 Å². The van der Waals surface area contributed by atoms with Gasteiger partial charge in [0.05, 0.1) is 5.71 Å². The first-order valence-electron chi connectivity index (χ1n) is 10.4. The smallest absolute Gasteiger partial charge is 0.387 e. The first-order valence-corrected chi connectivity index (χ1v) is 10.4. The lowest BCUT2D eigenvalue weighted by atomic mass is 10.0. The second-order valence-corrected chi connectivity index (χ2v) is 6.98. The number of halogens is 2. The van der Waals surface area contributed by atoms with Crippen LogP contribution in [0.3, 0.4) is 0 Å². The number of esters is 1. The number of hydrogen-bond donors (Lipinski definition) is 2. The summed E-state index contributed by atoms with van der Waals surface area (Å²) in [5.74, 6) is -2.45. The molecular weight excluding hydrogens is 460 g/mol. The maximum atomic E-state index is 12.3. The molecule has 0 saturated carbocycles. The molecule has 3 rings (SSSR count). The third kappa shape index (κ3) is 8.04. The fourth-order valence-corrected chi connectivity index (χ4v) is 2.90. The molecule has 8 nitrogen and oxygen atoms in total. The van der Waals surface area contributed by atoms with Gasteiger partial charge in [0, 0.05) is 16.7 Å². The predicted molar refractivity (Wildman–Crippen MR) is 123 cm³/mol. The van der Waals surface area contributed by atoms with Crippen molar-refractivity contribution in [2.45, 2.75) is 6.61 Å². The minimum Gasteiger partial charge on any atom is -0.454 e. The van der Waals surface area contributed by atoms with E-state index in [2.05, 4.69) is 20.6 Å². The molecule has 2 amide bonds. The highest BCUT2D eigenvalue weighted by Crippen LogP contribution is 2.16. The van der Waals surface area contributed by atoms with E-state index in [1.54, 1.807) is 0 Å². The maximum absolute atomic E-state index is 12.3. The van der Waals surface area contributed by atoms with Crippen LogP contribution < -0.4 is 15.5 Å². The number of alkyl halides is 2. The number of carbonyl (C=O) groups is 3. The van der Waals surface area contributed by atoms with E-state index in [0.717, 1.165) is 17.2 Å². The zero-order valence-electron chi connectivity index (χ0n) is 18.3. The third-order valence-electron chi connectivity index (χ3n) is 4.47. The van der Waals surface area contributed by atoms with Gasteiger partial charge in [-0.2, -0.15) is 13.9 Å². The van der Waals surface area contributed by atoms with Crippen LogP contribution in [0.25, 0.3) is 0 Å². The van der Waals surface area contributed by atoms with Gasteiger partial charge in [-0.15, -0.1) is 0 Å². The average Bonchev–Trinajstić information content (AvgIpc) is 2.87. The van der Waals surface area contributed by atoms with E-state index in [1.807, 2.05) is 60.7 Å². The van der Waals surface area contributed by atoms with Crippen LogP contribution in [0, 0.1) is 0 Å². The number of rotatable bonds is 10. The summed E-state index contributed by atoms with van der Waals surface area (Å²) in [4.78, 5) is 36.2. The van der Waals surface area contributed by atoms with Crippen LogP contribution in [0.15, 0.2) is 90.0 Å². The van der Waals surface area contributed by atoms with Gasteiger partial charge in [0.25, 0.3) is 11.8 Å². The van der Waals surface area contributed by atoms with Crippen molar-refractivity contribution < 1.29 is 32.6 Å². The Labute approximate surface area is 199 Å². The van der Waals surface area contributed by atoms with Crippen molar-refractivity contribution in [3.05, 3.63) is 102 Å². The van der Waals surface area contributed by atoms with Gasteiger partial charge in [-0.3, -0.25) is 14.4 Å². The van der Waals surface area contributed by atoms with Crippen LogP contribution in [0.1, 0.15) is 21.5 Å². The number of hydrazone groups is 1. The number of benzene rings is 3. The lowest BCUT2D eigenvalue weighted by Crippen LogP contribution is -2.33. The summed E-state index contributed by atoms with van der Waals surface area (Å²) in [7, 11) is 0. The van der Waals surface area contributed by atoms with Gasteiger partial charge in [-0.05, 0) is 18.2 Å². The standard InChI is InChI=1S/C25H21F2N3O5/c26-25(27)35-20-13-7-12-19(14-20)24(33)28-15-22(32)34-16-21(31)29-30-23(17-8-3-1-4-9-17)18-10-5-2-6-11-18/h1-14,25H,15-16H2,(H,28,33)(H,29,31). The summed E-state index contributed by atoms with van der Waals surface area (Å²) >= 11 is 0. The topological polar surface area (TPSA) is 106 Å². The molecular formula is C25H21F2N3O5. The number of nitrogens with zero attached hydrogens (tertiary/aromatic N) is 1. The van der Waals surface area contributed by atoms with Crippen molar-refractivity contribution >= 4 is 23.5 Å². The Kier molecular flexibility index (Phi) is 9.00. The van der Waals surface area contributed by atoms with Crippen LogP contribution >= 0.6 is 0 Å². The molecule has 3 aromatic rings. The van der Waals surface area contributed by atoms with Gasteiger partial charge in [0.1, 0.15) is 12.3 Å². The zero-order valence-corrected chi connectivity index (χ0v) is 18.3. The van der Waals surface area contributed by atoms with E-state index in [4.69, 9.17) is 4.74 Å². The van der Waals surface area contributed by atoms with Gasteiger partial charge < -0.3 is 14.8 Å². The van der Waals surface area contributed by atoms with E-state index in [-0.39, 0.29) is 11.3 Å². The minimum absolute atomic E-state index is 0.0115. The maximum Gasteiger partial charge on any atom is 0.387 e. The number of hydrogen-bond acceptors (Lipinski definition) is 6. The molecule has 0 spiro atoms. The van der Waals surface area contributed by atoms with E-state index < -0.39 is 37.5 Å². The Morgan fingerprint density at radius 3 is 2.03 bits per heavy atom. The highest BCUT2D eigenvalue weighted by Gasteiger charge is 2.13. The Morgan fingerprint density at radius 1 is 0.829 bits per heavy atom. The lowest BCUT2D eigenvalue weighted by Gasteiger charge is -2.09. The van der Waals surface area contributed by atoms with Crippen molar-refractivity contribution in [1.82, 2.24) is 10.7 Å². The molecule has 10 heteroatoms. The molecule has 0 fully saturated rings. The molecule has 0 saturated heterocycles. The Bertz CT molecular complexity index is 1150. The molecule has 0 aliphatic rings. The van der Waals surface area contributed by atoms with Crippen LogP contribution in [0.2, 0.25) is 0 Å². The van der Waals surface area contributed by atoms with Gasteiger partial charge in [-0.25, -0.2) is 5.43 Å². The monoisotopic (exact) mass is 481 g/mol. The van der Waals surface area contributed by atoms with E-state index in [0.29, 0.717) is 5.71 Å². The number of carbonyl (C=O) groups excluding carboxylic acids is 3. The summed E-state index contributed by atoms with van der Waals surface area (Å²) in [6.45, 7) is -4.18. The molecule has 0 bridgehead atoms. The summed E-state index contributed by atoms with van der Waals surface area (Å²) in [6, 6.07) is 23.5. The molecule has 2 N–H and O–H groups in total. The first kappa shape index (κ1) is 25.0. The second-order valence-electron chi connectivity index (χ2n) is 6.98. The fraction of sp³-hybridized carbons (Fsp3) is 0.120. The quantitative estimate of drug-likeness (QED) is 0.263. The first-order chi connectivity index (χ1) is 16.9. The third-order valence-corrected chi connectivity index (χ3v) is 4.47. The highest BCUT2D eigenvalue weighted by molar-refractivity contribution is 6.13. The lowest BCUT2D eigenvalue weighted by molar-refractivity contribution is -0.147. The van der Waals surface area contributed by atoms with Crippen LogP contribution in [0.5, 0.6) is 5.75 Å². The summed E-state index contributed by atoms with van der Waals surface area (Å²) in [6.07, 6.45) is 0. The number of amides is 2. The molecule has 0 aromatic heterocycles. The molecule has 180 valence electrons. The molecule has 0 aliphatic heterocycles. The minimum atomic E-state index is -3.03. The SMILES string of the molecule is O=C(COC(=O)CNC(=O)c1cccc(OC(F)F)c1)NN=C(c1ccccc1)c1ccccc1. The van der Waals surface area contributed by atoms with Gasteiger partial charge in [0.2, 0.25) is 0 Å². The molecule has 0 atom stereocenters. The summed E-state index contributed by atoms with van der Waals surface area (Å²) in [5, 5.41) is 6.46. The van der Waals surface area contributed by atoms with Crippen molar-refractivity contribution in [3.8, 4) is 5.75 Å². The van der Waals surface area contributed by atoms with Crippen LogP contribution in [-0.4, -0.2) is 43.3 Å². The fourth-order valence-electron chi connectivity index (χ4n) is 2.90. The van der Waals surface area contributed by atoms with Crippen LogP contribution in [0.4, 0.5) is 8.78 Å². The second kappa shape index (κ2) is 12.6. The molecule has 0 radical (unpaired) electrons. The molecule has 0 unspecified atom stereocenters. The molecule has 35 heavy (non-hydrogen) atoms. The van der Waals surface area contributed by atoms with Crippen molar-refractivity contribution in [2.75, 3.05) is 13.2 Å². The van der Waals surface area contributed by atoms with Crippen molar-refractivity contribution in [1.29, 1.82) is 0 Å². The van der Waals surface area contributed by atoms with E-state index >= 15 is 0 Å². The van der Waals surface area contributed by atoms with Crippen LogP contribution in [-0.2, 0) is 14.3 Å². The van der Waals surface area contributed by atoms with Crippen molar-refractivity contribution in [3.63, 3.8) is 0 Å². The highest BCUT2D eigenvalue weighted by atomic mass is 19.3. The Morgan fingerprint density at radius 2 is 1.43 bits per heavy atom. The summed E-state index contributed by atoms with van der Waals surface area (Å²) in [5.41, 5.74) is 4.45. The largest absolute Gasteiger partial charge is 0.454 e. The zero-order chi connectivity index (χ0) is 25.0. The van der Waals surface area contributed by atoms with Gasteiger partial charge in [0.15, 0.2) is 6.61 Å². The van der Waals surface area contributed by atoms with Crippen molar-refractivity contribution in [2.24, 2.45) is 5.10 Å². The van der Waals surface area contributed by atoms with E-state index in [9.17, 15) is 23.2 Å². The molecule has 0 heterocycles. The number of nitrogens with one attached hydrogen (secondary N) is 2. The molecule has 3 aromatic carbocycles. The average molecular weight is 481 g/mol. The Balaban J connectivity index is 1.50.